The Balaban J connectivity index is 1.55. The second kappa shape index (κ2) is 9.04. The summed E-state index contributed by atoms with van der Waals surface area (Å²) in [6.45, 7) is 0.858. The molecule has 0 radical (unpaired) electrons. The predicted octanol–water partition coefficient (Wildman–Crippen LogP) is 4.64. The molecule has 1 aromatic heterocycles. The Bertz CT molecular complexity index is 769. The lowest BCUT2D eigenvalue weighted by molar-refractivity contribution is 0.102. The number of methoxy groups -OCH3 is 1. The standard InChI is InChI=1S/C21H25N3O2/c1-26-20-9-7-18(8-10-20)24-21(25)17-13-19(15-22-14-17)23-12-11-16-5-3-2-4-6-16/h5,7-10,13-15,23H,2-4,6,11-12H2,1H3,(H,24,25). The average molecular weight is 351 g/mol. The van der Waals surface area contributed by atoms with Crippen molar-refractivity contribution in [2.24, 2.45) is 0 Å². The van der Waals surface area contributed by atoms with Crippen molar-refractivity contribution < 1.29 is 9.53 Å². The summed E-state index contributed by atoms with van der Waals surface area (Å²) < 4.78 is 5.12. The highest BCUT2D eigenvalue weighted by molar-refractivity contribution is 6.04. The zero-order valence-corrected chi connectivity index (χ0v) is 15.1. The molecule has 0 fully saturated rings. The quantitative estimate of drug-likeness (QED) is 0.713. The first-order chi connectivity index (χ1) is 12.7. The number of amides is 1. The molecule has 1 aliphatic rings. The molecule has 26 heavy (non-hydrogen) atoms. The molecular formula is C21H25N3O2. The van der Waals surface area contributed by atoms with Gasteiger partial charge in [0.05, 0.1) is 18.4 Å². The number of carbonyl (C=O) groups excluding carboxylic acids is 1. The molecule has 0 unspecified atom stereocenters. The van der Waals surface area contributed by atoms with Crippen molar-refractivity contribution in [3.63, 3.8) is 0 Å². The van der Waals surface area contributed by atoms with Crippen LogP contribution in [0.5, 0.6) is 5.75 Å². The number of aromatic nitrogens is 1. The van der Waals surface area contributed by atoms with Gasteiger partial charge in [-0.25, -0.2) is 0 Å². The number of allylic oxidation sites excluding steroid dienone is 1. The van der Waals surface area contributed by atoms with Crippen LogP contribution in [-0.2, 0) is 0 Å². The van der Waals surface area contributed by atoms with Crippen LogP contribution in [0.2, 0.25) is 0 Å². The minimum atomic E-state index is -0.179. The Kier molecular flexibility index (Phi) is 6.25. The topological polar surface area (TPSA) is 63.2 Å². The highest BCUT2D eigenvalue weighted by Crippen LogP contribution is 2.20. The molecule has 3 rings (SSSR count). The Labute approximate surface area is 154 Å². The molecule has 5 heteroatoms. The van der Waals surface area contributed by atoms with E-state index in [2.05, 4.69) is 21.7 Å². The number of hydrogen-bond acceptors (Lipinski definition) is 4. The molecule has 0 aliphatic heterocycles. The van der Waals surface area contributed by atoms with Crippen molar-refractivity contribution in [3.05, 3.63) is 59.9 Å². The summed E-state index contributed by atoms with van der Waals surface area (Å²) in [6, 6.07) is 9.08. The molecule has 1 amide bonds. The molecule has 0 bridgehead atoms. The summed E-state index contributed by atoms with van der Waals surface area (Å²) >= 11 is 0. The summed E-state index contributed by atoms with van der Waals surface area (Å²) in [5, 5.41) is 6.24. The predicted molar refractivity (Wildman–Crippen MR) is 105 cm³/mol. The van der Waals surface area contributed by atoms with Crippen LogP contribution < -0.4 is 15.4 Å². The van der Waals surface area contributed by atoms with E-state index < -0.39 is 0 Å². The van der Waals surface area contributed by atoms with Crippen LogP contribution in [0.1, 0.15) is 42.5 Å². The first-order valence-corrected chi connectivity index (χ1v) is 9.07. The lowest BCUT2D eigenvalue weighted by Gasteiger charge is -2.13. The summed E-state index contributed by atoms with van der Waals surface area (Å²) in [7, 11) is 1.61. The van der Waals surface area contributed by atoms with Gasteiger partial charge in [-0.05, 0) is 62.4 Å². The fourth-order valence-electron chi connectivity index (χ4n) is 3.04. The Morgan fingerprint density at radius 2 is 2.00 bits per heavy atom. The van der Waals surface area contributed by atoms with Crippen LogP contribution in [0, 0.1) is 0 Å². The van der Waals surface area contributed by atoms with Crippen molar-refractivity contribution in [1.82, 2.24) is 4.98 Å². The van der Waals surface area contributed by atoms with Crippen LogP contribution in [0.15, 0.2) is 54.4 Å². The van der Waals surface area contributed by atoms with Gasteiger partial charge in [-0.2, -0.15) is 0 Å². The second-order valence-corrected chi connectivity index (χ2v) is 6.43. The number of pyridine rings is 1. The van der Waals surface area contributed by atoms with E-state index in [-0.39, 0.29) is 5.91 Å². The van der Waals surface area contributed by atoms with Gasteiger partial charge in [-0.15, -0.1) is 0 Å². The van der Waals surface area contributed by atoms with E-state index in [4.69, 9.17) is 4.74 Å². The minimum Gasteiger partial charge on any atom is -0.497 e. The molecule has 0 atom stereocenters. The normalized spacial score (nSPS) is 13.7. The van der Waals surface area contributed by atoms with E-state index in [9.17, 15) is 4.79 Å². The van der Waals surface area contributed by atoms with Gasteiger partial charge in [-0.3, -0.25) is 9.78 Å². The van der Waals surface area contributed by atoms with E-state index in [1.165, 1.54) is 31.3 Å². The van der Waals surface area contributed by atoms with Gasteiger partial charge in [-0.1, -0.05) is 11.6 Å². The van der Waals surface area contributed by atoms with Crippen molar-refractivity contribution in [2.75, 3.05) is 24.3 Å². The molecule has 0 spiro atoms. The molecule has 0 saturated heterocycles. The molecule has 1 heterocycles. The van der Waals surface area contributed by atoms with Gasteiger partial charge in [0.15, 0.2) is 0 Å². The lowest BCUT2D eigenvalue weighted by atomic mass is 9.97. The molecule has 1 aromatic carbocycles. The highest BCUT2D eigenvalue weighted by Gasteiger charge is 2.08. The highest BCUT2D eigenvalue weighted by atomic mass is 16.5. The van der Waals surface area contributed by atoms with E-state index in [1.54, 1.807) is 19.5 Å². The third kappa shape index (κ3) is 5.09. The fourth-order valence-corrected chi connectivity index (χ4v) is 3.04. The maximum Gasteiger partial charge on any atom is 0.257 e. The van der Waals surface area contributed by atoms with Gasteiger partial charge in [0.1, 0.15) is 5.75 Å². The maximum atomic E-state index is 12.4. The van der Waals surface area contributed by atoms with Crippen LogP contribution in [0.3, 0.4) is 0 Å². The van der Waals surface area contributed by atoms with Crippen LogP contribution in [-0.4, -0.2) is 24.5 Å². The number of carbonyl (C=O) groups is 1. The monoisotopic (exact) mass is 351 g/mol. The van der Waals surface area contributed by atoms with Crippen LogP contribution >= 0.6 is 0 Å². The SMILES string of the molecule is COc1ccc(NC(=O)c2cncc(NCCC3=CCCCC3)c2)cc1. The van der Waals surface area contributed by atoms with Gasteiger partial charge < -0.3 is 15.4 Å². The number of nitrogens with zero attached hydrogens (tertiary/aromatic N) is 1. The molecule has 0 saturated carbocycles. The molecular weight excluding hydrogens is 326 g/mol. The first-order valence-electron chi connectivity index (χ1n) is 9.07. The second-order valence-electron chi connectivity index (χ2n) is 6.43. The third-order valence-electron chi connectivity index (χ3n) is 4.51. The average Bonchev–Trinajstić information content (AvgIpc) is 2.69. The number of nitrogens with one attached hydrogen (secondary N) is 2. The van der Waals surface area contributed by atoms with Crippen molar-refractivity contribution in [3.8, 4) is 5.75 Å². The third-order valence-corrected chi connectivity index (χ3v) is 4.51. The van der Waals surface area contributed by atoms with E-state index in [0.29, 0.717) is 5.56 Å². The molecule has 5 nitrogen and oxygen atoms in total. The van der Waals surface area contributed by atoms with E-state index >= 15 is 0 Å². The number of benzene rings is 1. The summed E-state index contributed by atoms with van der Waals surface area (Å²) in [6.07, 6.45) is 11.8. The van der Waals surface area contributed by atoms with Crippen molar-refractivity contribution in [1.29, 1.82) is 0 Å². The lowest BCUT2D eigenvalue weighted by Crippen LogP contribution is -2.13. The number of rotatable bonds is 7. The van der Waals surface area contributed by atoms with Gasteiger partial charge in [0.25, 0.3) is 5.91 Å². The minimum absolute atomic E-state index is 0.179. The number of anilines is 2. The summed E-state index contributed by atoms with van der Waals surface area (Å²) in [5.74, 6) is 0.574. The zero-order chi connectivity index (χ0) is 18.2. The van der Waals surface area contributed by atoms with Gasteiger partial charge in [0, 0.05) is 24.6 Å². The number of hydrogen-bond donors (Lipinski definition) is 2. The van der Waals surface area contributed by atoms with Crippen molar-refractivity contribution >= 4 is 17.3 Å². The molecule has 2 aromatic rings. The zero-order valence-electron chi connectivity index (χ0n) is 15.1. The summed E-state index contributed by atoms with van der Waals surface area (Å²) in [5.41, 5.74) is 3.65. The Morgan fingerprint density at radius 3 is 2.73 bits per heavy atom. The van der Waals surface area contributed by atoms with Gasteiger partial charge in [0.2, 0.25) is 0 Å². The maximum absolute atomic E-state index is 12.4. The summed E-state index contributed by atoms with van der Waals surface area (Å²) in [4.78, 5) is 16.6. The van der Waals surface area contributed by atoms with E-state index in [0.717, 1.165) is 30.1 Å². The van der Waals surface area contributed by atoms with E-state index in [1.807, 2.05) is 30.3 Å². The van der Waals surface area contributed by atoms with Crippen LogP contribution in [0.4, 0.5) is 11.4 Å². The number of ether oxygens (including phenoxy) is 1. The Morgan fingerprint density at radius 1 is 1.15 bits per heavy atom. The molecule has 1 aliphatic carbocycles. The van der Waals surface area contributed by atoms with Crippen molar-refractivity contribution in [2.45, 2.75) is 32.1 Å². The molecule has 2 N–H and O–H groups in total. The van der Waals surface area contributed by atoms with Crippen LogP contribution in [0.25, 0.3) is 0 Å². The fraction of sp³-hybridized carbons (Fsp3) is 0.333. The molecule has 136 valence electrons. The van der Waals surface area contributed by atoms with Gasteiger partial charge >= 0.3 is 0 Å². The largest absolute Gasteiger partial charge is 0.497 e. The smallest absolute Gasteiger partial charge is 0.257 e. The Hall–Kier alpha value is -2.82. The first kappa shape index (κ1) is 18.0.